The van der Waals surface area contributed by atoms with Crippen LogP contribution in [-0.2, 0) is 7.05 Å². The van der Waals surface area contributed by atoms with Crippen LogP contribution in [-0.4, -0.2) is 19.6 Å². The minimum atomic E-state index is -0.161. The van der Waals surface area contributed by atoms with Crippen molar-refractivity contribution in [2.75, 3.05) is 5.32 Å². The first-order valence-corrected chi connectivity index (χ1v) is 6.32. The number of hydrogen-bond donors (Lipinski definition) is 1. The molecule has 2 rings (SSSR count). The third-order valence-electron chi connectivity index (χ3n) is 2.41. The van der Waals surface area contributed by atoms with Crippen LogP contribution in [0.3, 0.4) is 0 Å². The van der Waals surface area contributed by atoms with E-state index in [1.165, 1.54) is 4.68 Å². The minimum absolute atomic E-state index is 0.0256. The fraction of sp³-hybridized carbons (Fsp3) is 0.364. The molecule has 0 unspecified atom stereocenters. The highest BCUT2D eigenvalue weighted by Crippen LogP contribution is 2.20. The lowest BCUT2D eigenvalue weighted by Crippen LogP contribution is -2.25. The van der Waals surface area contributed by atoms with Gasteiger partial charge in [0.1, 0.15) is 4.47 Å². The summed E-state index contributed by atoms with van der Waals surface area (Å²) < 4.78 is 3.56. The smallest absolute Gasteiger partial charge is 0.283 e. The van der Waals surface area contributed by atoms with Crippen molar-refractivity contribution in [3.63, 3.8) is 0 Å². The molecular formula is C11H14BrN5O. The van der Waals surface area contributed by atoms with Gasteiger partial charge < -0.3 is 5.32 Å². The molecule has 0 spiro atoms. The first-order chi connectivity index (χ1) is 8.49. The minimum Gasteiger partial charge on any atom is -0.336 e. The van der Waals surface area contributed by atoms with Gasteiger partial charge in [-0.15, -0.1) is 0 Å². The summed E-state index contributed by atoms with van der Waals surface area (Å²) in [5.74, 6) is 0.668. The summed E-state index contributed by atoms with van der Waals surface area (Å²) in [6.45, 7) is 3.82. The number of aromatic nitrogens is 4. The SMILES string of the molecule is CC(C)n1ncc(Nc2ccn(C)n2)c(Br)c1=O. The highest BCUT2D eigenvalue weighted by molar-refractivity contribution is 9.10. The lowest BCUT2D eigenvalue weighted by atomic mass is 10.4. The number of anilines is 2. The maximum atomic E-state index is 12.0. The lowest BCUT2D eigenvalue weighted by Gasteiger charge is -2.11. The fourth-order valence-electron chi connectivity index (χ4n) is 1.52. The number of halogens is 1. The highest BCUT2D eigenvalue weighted by Gasteiger charge is 2.11. The Morgan fingerprint density at radius 2 is 2.17 bits per heavy atom. The van der Waals surface area contributed by atoms with E-state index in [1.807, 2.05) is 33.2 Å². The van der Waals surface area contributed by atoms with Crippen LogP contribution in [0, 0.1) is 0 Å². The number of rotatable bonds is 3. The third-order valence-corrected chi connectivity index (χ3v) is 3.18. The van der Waals surface area contributed by atoms with Gasteiger partial charge >= 0.3 is 0 Å². The molecule has 96 valence electrons. The van der Waals surface area contributed by atoms with Gasteiger partial charge in [-0.05, 0) is 29.8 Å². The van der Waals surface area contributed by atoms with E-state index in [0.29, 0.717) is 16.0 Å². The van der Waals surface area contributed by atoms with E-state index < -0.39 is 0 Å². The molecule has 0 aromatic carbocycles. The van der Waals surface area contributed by atoms with E-state index in [9.17, 15) is 4.79 Å². The first kappa shape index (κ1) is 12.8. The molecule has 0 saturated heterocycles. The van der Waals surface area contributed by atoms with Crippen LogP contribution in [0.15, 0.2) is 27.7 Å². The van der Waals surface area contributed by atoms with Crippen LogP contribution in [0.1, 0.15) is 19.9 Å². The van der Waals surface area contributed by atoms with Crippen molar-refractivity contribution in [2.45, 2.75) is 19.9 Å². The molecule has 2 aromatic heterocycles. The molecule has 0 amide bonds. The molecule has 0 fully saturated rings. The molecule has 0 radical (unpaired) electrons. The zero-order valence-corrected chi connectivity index (χ0v) is 12.0. The Bertz CT molecular complexity index is 616. The van der Waals surface area contributed by atoms with Gasteiger partial charge in [0.15, 0.2) is 5.82 Å². The molecule has 1 N–H and O–H groups in total. The second kappa shape index (κ2) is 4.93. The Morgan fingerprint density at radius 3 is 2.72 bits per heavy atom. The predicted molar refractivity (Wildman–Crippen MR) is 73.1 cm³/mol. The summed E-state index contributed by atoms with van der Waals surface area (Å²) in [4.78, 5) is 12.0. The van der Waals surface area contributed by atoms with Gasteiger partial charge in [0.05, 0.1) is 17.9 Å². The fourth-order valence-corrected chi connectivity index (χ4v) is 1.90. The van der Waals surface area contributed by atoms with Crippen LogP contribution < -0.4 is 10.9 Å². The van der Waals surface area contributed by atoms with E-state index in [1.54, 1.807) is 10.9 Å². The Hall–Kier alpha value is -1.63. The van der Waals surface area contributed by atoms with Gasteiger partial charge in [0, 0.05) is 19.3 Å². The maximum absolute atomic E-state index is 12.0. The second-order valence-corrected chi connectivity index (χ2v) is 5.01. The van der Waals surface area contributed by atoms with E-state index in [0.717, 1.165) is 0 Å². The number of hydrogen-bond acceptors (Lipinski definition) is 4. The van der Waals surface area contributed by atoms with Crippen molar-refractivity contribution < 1.29 is 0 Å². The second-order valence-electron chi connectivity index (χ2n) is 4.22. The average molecular weight is 312 g/mol. The highest BCUT2D eigenvalue weighted by atomic mass is 79.9. The molecule has 0 saturated carbocycles. The largest absolute Gasteiger partial charge is 0.336 e. The maximum Gasteiger partial charge on any atom is 0.283 e. The van der Waals surface area contributed by atoms with Crippen molar-refractivity contribution in [3.8, 4) is 0 Å². The zero-order chi connectivity index (χ0) is 13.3. The molecule has 2 aromatic rings. The normalized spacial score (nSPS) is 10.9. The van der Waals surface area contributed by atoms with Gasteiger partial charge in [0.25, 0.3) is 5.56 Å². The Morgan fingerprint density at radius 1 is 1.44 bits per heavy atom. The van der Waals surface area contributed by atoms with Crippen molar-refractivity contribution in [3.05, 3.63) is 33.3 Å². The van der Waals surface area contributed by atoms with Crippen LogP contribution in [0.2, 0.25) is 0 Å². The van der Waals surface area contributed by atoms with Crippen molar-refractivity contribution >= 4 is 27.4 Å². The number of nitrogens with zero attached hydrogens (tertiary/aromatic N) is 4. The summed E-state index contributed by atoms with van der Waals surface area (Å²) >= 11 is 3.29. The quantitative estimate of drug-likeness (QED) is 0.942. The third kappa shape index (κ3) is 2.45. The molecule has 0 aliphatic rings. The molecule has 7 heteroatoms. The summed E-state index contributed by atoms with van der Waals surface area (Å²) in [5.41, 5.74) is 0.446. The molecule has 0 bridgehead atoms. The van der Waals surface area contributed by atoms with Gasteiger partial charge in [-0.25, -0.2) is 4.68 Å². The molecule has 18 heavy (non-hydrogen) atoms. The van der Waals surface area contributed by atoms with Gasteiger partial charge in [0.2, 0.25) is 0 Å². The van der Waals surface area contributed by atoms with Crippen LogP contribution in [0.25, 0.3) is 0 Å². The van der Waals surface area contributed by atoms with Crippen molar-refractivity contribution in [2.24, 2.45) is 7.05 Å². The first-order valence-electron chi connectivity index (χ1n) is 5.53. The van der Waals surface area contributed by atoms with Gasteiger partial charge in [-0.3, -0.25) is 9.48 Å². The Labute approximate surface area is 113 Å². The number of aryl methyl sites for hydroxylation is 1. The summed E-state index contributed by atoms with van der Waals surface area (Å²) in [6.07, 6.45) is 3.43. The zero-order valence-electron chi connectivity index (χ0n) is 10.4. The molecule has 0 aliphatic carbocycles. The lowest BCUT2D eigenvalue weighted by molar-refractivity contribution is 0.501. The topological polar surface area (TPSA) is 64.7 Å². The molecule has 0 atom stereocenters. The Balaban J connectivity index is 2.36. The summed E-state index contributed by atoms with van der Waals surface area (Å²) in [6, 6.07) is 1.85. The average Bonchev–Trinajstić information content (AvgIpc) is 2.70. The van der Waals surface area contributed by atoms with Crippen molar-refractivity contribution in [1.29, 1.82) is 0 Å². The standard InChI is InChI=1S/C11H14BrN5O/c1-7(2)17-11(18)10(12)8(6-13-17)14-9-4-5-16(3)15-9/h4-7H,1-3H3,(H,14,15). The molecular weight excluding hydrogens is 298 g/mol. The predicted octanol–water partition coefficient (Wildman–Crippen LogP) is 2.06. The van der Waals surface area contributed by atoms with Crippen LogP contribution >= 0.6 is 15.9 Å². The Kier molecular flexibility index (Phi) is 3.51. The van der Waals surface area contributed by atoms with E-state index in [-0.39, 0.29) is 11.6 Å². The van der Waals surface area contributed by atoms with Crippen LogP contribution in [0.5, 0.6) is 0 Å². The monoisotopic (exact) mass is 311 g/mol. The van der Waals surface area contributed by atoms with Gasteiger partial charge in [-0.1, -0.05) is 0 Å². The molecule has 2 heterocycles. The van der Waals surface area contributed by atoms with Gasteiger partial charge in [-0.2, -0.15) is 10.2 Å². The number of nitrogens with one attached hydrogen (secondary N) is 1. The molecule has 6 nitrogen and oxygen atoms in total. The molecule has 0 aliphatic heterocycles. The van der Waals surface area contributed by atoms with E-state index in [2.05, 4.69) is 31.4 Å². The van der Waals surface area contributed by atoms with Crippen LogP contribution in [0.4, 0.5) is 11.5 Å². The summed E-state index contributed by atoms with van der Waals surface area (Å²) in [7, 11) is 1.83. The van der Waals surface area contributed by atoms with E-state index in [4.69, 9.17) is 0 Å². The van der Waals surface area contributed by atoms with Crippen molar-refractivity contribution in [1.82, 2.24) is 19.6 Å². The summed E-state index contributed by atoms with van der Waals surface area (Å²) in [5, 5.41) is 11.3. The van der Waals surface area contributed by atoms with E-state index >= 15 is 0 Å².